The predicted molar refractivity (Wildman–Crippen MR) is 160 cm³/mol. The zero-order valence-electron chi connectivity index (χ0n) is 23.6. The van der Waals surface area contributed by atoms with E-state index in [9.17, 15) is 4.79 Å². The molecular formula is C33H39N5O2. The highest BCUT2D eigenvalue weighted by atomic mass is 16.5. The molecule has 1 aromatic heterocycles. The Morgan fingerprint density at radius 3 is 2.45 bits per heavy atom. The molecule has 0 bridgehead atoms. The fourth-order valence-corrected chi connectivity index (χ4v) is 5.77. The number of carbonyl (C=O) groups excluding carboxylic acids is 1. The lowest BCUT2D eigenvalue weighted by Gasteiger charge is -2.35. The lowest BCUT2D eigenvalue weighted by atomic mass is 9.70. The second-order valence-corrected chi connectivity index (χ2v) is 11.1. The van der Waals surface area contributed by atoms with Gasteiger partial charge in [0.1, 0.15) is 29.8 Å². The van der Waals surface area contributed by atoms with Gasteiger partial charge in [-0.2, -0.15) is 0 Å². The number of amides is 1. The summed E-state index contributed by atoms with van der Waals surface area (Å²) in [4.78, 5) is 24.0. The number of primary amides is 1. The van der Waals surface area contributed by atoms with Crippen LogP contribution >= 0.6 is 0 Å². The lowest BCUT2D eigenvalue weighted by Crippen LogP contribution is -2.41. The fraction of sp³-hybridized carbons (Fsp3) is 0.364. The molecule has 1 unspecified atom stereocenters. The number of allylic oxidation sites excluding steroid dienone is 3. The van der Waals surface area contributed by atoms with Gasteiger partial charge in [-0.15, -0.1) is 0 Å². The highest BCUT2D eigenvalue weighted by Gasteiger charge is 2.38. The minimum Gasteiger partial charge on any atom is -0.489 e. The molecule has 1 amide bonds. The maximum Gasteiger partial charge on any atom is 0.232 e. The molecule has 0 saturated heterocycles. The van der Waals surface area contributed by atoms with Crippen molar-refractivity contribution >= 4 is 17.5 Å². The van der Waals surface area contributed by atoms with Gasteiger partial charge in [-0.25, -0.2) is 9.97 Å². The molecule has 2 aliphatic carbocycles. The van der Waals surface area contributed by atoms with Gasteiger partial charge in [-0.05, 0) is 73.8 Å². The minimum absolute atomic E-state index is 0.321. The van der Waals surface area contributed by atoms with E-state index in [1.807, 2.05) is 86.6 Å². The monoisotopic (exact) mass is 537 g/mol. The standard InChI is InChI=1S/C33H39N5O2/c1-23-35-30(20-31(36-23)38(2)3)37-28-15-11-25(12-16-28)26-10-7-19-33(21-26,32(34)39)27-13-17-29(18-14-27)40-22-24-8-5-4-6-9-24/h4-10,13-14,17-18,20-21,25,28H,11-12,15-16,19,22H2,1-3H3,(H2,34,39)(H,35,36,37). The summed E-state index contributed by atoms with van der Waals surface area (Å²) < 4.78 is 5.96. The molecule has 7 nitrogen and oxygen atoms in total. The SMILES string of the molecule is Cc1nc(NC2CCC(C3=CC(C(N)=O)(c4ccc(OCc5ccccc5)cc4)CC=C3)CC2)cc(N(C)C)n1. The summed E-state index contributed by atoms with van der Waals surface area (Å²) in [5.41, 5.74) is 8.45. The maximum absolute atomic E-state index is 12.9. The van der Waals surface area contributed by atoms with Gasteiger partial charge in [0.05, 0.1) is 5.41 Å². The molecule has 7 heteroatoms. The van der Waals surface area contributed by atoms with Crippen LogP contribution in [0.2, 0.25) is 0 Å². The molecule has 208 valence electrons. The Kier molecular flexibility index (Phi) is 8.19. The van der Waals surface area contributed by atoms with Crippen molar-refractivity contribution < 1.29 is 9.53 Å². The van der Waals surface area contributed by atoms with Gasteiger partial charge >= 0.3 is 0 Å². The number of nitrogens with zero attached hydrogens (tertiary/aromatic N) is 3. The van der Waals surface area contributed by atoms with Crippen LogP contribution in [-0.4, -0.2) is 36.0 Å². The number of nitrogens with two attached hydrogens (primary N) is 1. The molecule has 1 saturated carbocycles. The van der Waals surface area contributed by atoms with Crippen molar-refractivity contribution in [1.82, 2.24) is 9.97 Å². The summed E-state index contributed by atoms with van der Waals surface area (Å²) in [6.45, 7) is 2.42. The molecule has 1 fully saturated rings. The average Bonchev–Trinajstić information content (AvgIpc) is 2.97. The number of aryl methyl sites for hydroxylation is 1. The van der Waals surface area contributed by atoms with E-state index in [1.54, 1.807) is 0 Å². The van der Waals surface area contributed by atoms with E-state index >= 15 is 0 Å². The second-order valence-electron chi connectivity index (χ2n) is 11.1. The van der Waals surface area contributed by atoms with Gasteiger partial charge in [-0.3, -0.25) is 4.79 Å². The number of nitrogens with one attached hydrogen (secondary N) is 1. The van der Waals surface area contributed by atoms with Gasteiger partial charge in [0.15, 0.2) is 0 Å². The number of hydrogen-bond acceptors (Lipinski definition) is 6. The summed E-state index contributed by atoms with van der Waals surface area (Å²) in [6, 6.07) is 20.3. The highest BCUT2D eigenvalue weighted by Crippen LogP contribution is 2.40. The van der Waals surface area contributed by atoms with E-state index in [4.69, 9.17) is 10.5 Å². The van der Waals surface area contributed by atoms with Gasteiger partial charge in [-0.1, -0.05) is 60.7 Å². The number of aromatic nitrogens is 2. The van der Waals surface area contributed by atoms with E-state index in [-0.39, 0.29) is 5.91 Å². The van der Waals surface area contributed by atoms with E-state index < -0.39 is 5.41 Å². The molecule has 3 aromatic rings. The first kappa shape index (κ1) is 27.4. The molecule has 0 radical (unpaired) electrons. The quantitative estimate of drug-likeness (QED) is 0.363. The number of benzene rings is 2. The molecule has 1 heterocycles. The normalized spacial score (nSPS) is 22.3. The van der Waals surface area contributed by atoms with Crippen LogP contribution in [0.15, 0.2) is 84.5 Å². The zero-order chi connectivity index (χ0) is 28.1. The van der Waals surface area contributed by atoms with Crippen LogP contribution < -0.4 is 20.7 Å². The van der Waals surface area contributed by atoms with Crippen molar-refractivity contribution in [2.24, 2.45) is 11.7 Å². The molecule has 2 aromatic carbocycles. The Bertz CT molecular complexity index is 1380. The molecular weight excluding hydrogens is 498 g/mol. The van der Waals surface area contributed by atoms with Gasteiger partial charge in [0.25, 0.3) is 0 Å². The van der Waals surface area contributed by atoms with Crippen molar-refractivity contribution in [2.75, 3.05) is 24.3 Å². The van der Waals surface area contributed by atoms with Crippen molar-refractivity contribution in [1.29, 1.82) is 0 Å². The van der Waals surface area contributed by atoms with Crippen LogP contribution in [0, 0.1) is 12.8 Å². The van der Waals surface area contributed by atoms with Crippen molar-refractivity contribution in [3.05, 3.63) is 101 Å². The Balaban J connectivity index is 1.25. The topological polar surface area (TPSA) is 93.4 Å². The highest BCUT2D eigenvalue weighted by molar-refractivity contribution is 5.90. The summed E-state index contributed by atoms with van der Waals surface area (Å²) >= 11 is 0. The van der Waals surface area contributed by atoms with Gasteiger partial charge < -0.3 is 20.7 Å². The summed E-state index contributed by atoms with van der Waals surface area (Å²) in [5.74, 6) is 3.38. The van der Waals surface area contributed by atoms with Gasteiger partial charge in [0, 0.05) is 26.2 Å². The molecule has 0 aliphatic heterocycles. The number of hydrogen-bond donors (Lipinski definition) is 2. The molecule has 40 heavy (non-hydrogen) atoms. The summed E-state index contributed by atoms with van der Waals surface area (Å²) in [6.07, 6.45) is 11.1. The smallest absolute Gasteiger partial charge is 0.232 e. The Labute approximate surface area is 237 Å². The zero-order valence-corrected chi connectivity index (χ0v) is 23.6. The largest absolute Gasteiger partial charge is 0.489 e. The summed E-state index contributed by atoms with van der Waals surface area (Å²) in [7, 11) is 3.98. The fourth-order valence-electron chi connectivity index (χ4n) is 5.77. The number of rotatable bonds is 9. The molecule has 1 atom stereocenters. The molecule has 3 N–H and O–H groups in total. The van der Waals surface area contributed by atoms with E-state index in [0.717, 1.165) is 60.0 Å². The minimum atomic E-state index is -0.849. The van der Waals surface area contributed by atoms with E-state index in [2.05, 4.69) is 33.5 Å². The maximum atomic E-state index is 12.9. The van der Waals surface area contributed by atoms with Crippen LogP contribution in [0.1, 0.15) is 49.1 Å². The Hall–Kier alpha value is -4.13. The van der Waals surface area contributed by atoms with Gasteiger partial charge in [0.2, 0.25) is 5.91 Å². The molecule has 5 rings (SSSR count). The molecule has 0 spiro atoms. The number of anilines is 2. The van der Waals surface area contributed by atoms with Crippen molar-refractivity contribution in [3.63, 3.8) is 0 Å². The van der Waals surface area contributed by atoms with Crippen LogP contribution in [0.3, 0.4) is 0 Å². The van der Waals surface area contributed by atoms with Crippen LogP contribution in [0.5, 0.6) is 5.75 Å². The van der Waals surface area contributed by atoms with Crippen LogP contribution in [0.4, 0.5) is 11.6 Å². The average molecular weight is 538 g/mol. The predicted octanol–water partition coefficient (Wildman–Crippen LogP) is 5.71. The van der Waals surface area contributed by atoms with E-state index in [1.165, 1.54) is 5.57 Å². The Morgan fingerprint density at radius 2 is 1.77 bits per heavy atom. The number of carbonyl (C=O) groups is 1. The third kappa shape index (κ3) is 6.19. The van der Waals surface area contributed by atoms with Crippen molar-refractivity contribution in [2.45, 2.75) is 57.1 Å². The van der Waals surface area contributed by atoms with Crippen molar-refractivity contribution in [3.8, 4) is 5.75 Å². The number of ether oxygens (including phenoxy) is 1. The molecule has 2 aliphatic rings. The Morgan fingerprint density at radius 1 is 1.05 bits per heavy atom. The van der Waals surface area contributed by atoms with E-state index in [0.29, 0.717) is 25.0 Å². The summed E-state index contributed by atoms with van der Waals surface area (Å²) in [5, 5.41) is 3.63. The first-order chi connectivity index (χ1) is 19.3. The van der Waals surface area contributed by atoms with Crippen LogP contribution in [0.25, 0.3) is 0 Å². The first-order valence-corrected chi connectivity index (χ1v) is 14.1. The third-order valence-corrected chi connectivity index (χ3v) is 8.05. The van der Waals surface area contributed by atoms with Crippen LogP contribution in [-0.2, 0) is 16.8 Å². The first-order valence-electron chi connectivity index (χ1n) is 14.1. The lowest BCUT2D eigenvalue weighted by molar-refractivity contribution is -0.121. The third-order valence-electron chi connectivity index (χ3n) is 8.05. The second kappa shape index (κ2) is 11.9.